The molecule has 0 aliphatic carbocycles. The number of hydrogen-bond acceptors (Lipinski definition) is 3. The molecular formula is C23H21ClN4O2. The number of anilines is 1. The molecule has 2 aliphatic rings. The molecule has 0 atom stereocenters. The molecule has 0 spiro atoms. The van der Waals surface area contributed by atoms with Crippen LogP contribution in [0.2, 0.25) is 5.02 Å². The number of aryl methyl sites for hydroxylation is 2. The van der Waals surface area contributed by atoms with E-state index >= 15 is 0 Å². The molecule has 2 aromatic rings. The fraction of sp³-hybridized carbons (Fsp3) is 0.174. The van der Waals surface area contributed by atoms with Crippen molar-refractivity contribution in [3.8, 4) is 16.9 Å². The quantitative estimate of drug-likeness (QED) is 0.506. The highest BCUT2D eigenvalue weighted by Gasteiger charge is 2.24. The number of carbonyl (C=O) groups is 1. The molecule has 0 fully saturated rings. The second-order valence-corrected chi connectivity index (χ2v) is 7.55. The zero-order chi connectivity index (χ0) is 21.3. The molecule has 152 valence electrons. The van der Waals surface area contributed by atoms with E-state index in [9.17, 15) is 9.59 Å². The standard InChI is InChI=1S/C23H21ClN4O2/c1-3-11-27-13-18(22(29)25-16-10-9-15(2)20(24)12-16)21-19(14-27)23(30)28(26-21)17-7-5-4-6-8-17/h4-10,12-14H,3,11H2,1-2H3,(H,25,29). The number of rotatable bonds is 5. The summed E-state index contributed by atoms with van der Waals surface area (Å²) in [6.45, 7) is 4.62. The van der Waals surface area contributed by atoms with Crippen LogP contribution in [-0.4, -0.2) is 20.3 Å². The third-order valence-electron chi connectivity index (χ3n) is 4.88. The summed E-state index contributed by atoms with van der Waals surface area (Å²) < 4.78 is 3.19. The first kappa shape index (κ1) is 19.9. The first-order valence-corrected chi connectivity index (χ1v) is 10.1. The molecule has 1 N–H and O–H groups in total. The number of hydrogen-bond donors (Lipinski definition) is 1. The van der Waals surface area contributed by atoms with Gasteiger partial charge in [-0.2, -0.15) is 9.78 Å². The normalized spacial score (nSPS) is 11.0. The lowest BCUT2D eigenvalue weighted by Gasteiger charge is -2.12. The van der Waals surface area contributed by atoms with E-state index < -0.39 is 0 Å². The SMILES string of the molecule is CCCn1cc(C(=O)Nc2ccc(C)c(Cl)c2)c2nn(-c3ccccc3)c(=O)c-2c1. The third-order valence-corrected chi connectivity index (χ3v) is 5.29. The summed E-state index contributed by atoms with van der Waals surface area (Å²) in [4.78, 5) is 26.2. The van der Waals surface area contributed by atoms with Crippen molar-refractivity contribution in [3.63, 3.8) is 0 Å². The molecule has 0 unspecified atom stereocenters. The lowest BCUT2D eigenvalue weighted by molar-refractivity contribution is 0.102. The molecule has 0 saturated carbocycles. The summed E-state index contributed by atoms with van der Waals surface area (Å²) >= 11 is 6.18. The van der Waals surface area contributed by atoms with Gasteiger partial charge in [0.15, 0.2) is 0 Å². The lowest BCUT2D eigenvalue weighted by atomic mass is 10.1. The zero-order valence-corrected chi connectivity index (χ0v) is 17.5. The maximum Gasteiger partial charge on any atom is 0.282 e. The Labute approximate surface area is 179 Å². The minimum absolute atomic E-state index is 0.255. The van der Waals surface area contributed by atoms with E-state index in [1.165, 1.54) is 4.68 Å². The molecule has 0 aromatic heterocycles. The van der Waals surface area contributed by atoms with Crippen LogP contribution in [0, 0.1) is 6.92 Å². The van der Waals surface area contributed by atoms with E-state index in [-0.39, 0.29) is 11.5 Å². The van der Waals surface area contributed by atoms with Crippen molar-refractivity contribution >= 4 is 23.2 Å². The van der Waals surface area contributed by atoms with Crippen LogP contribution in [0.3, 0.4) is 0 Å². The van der Waals surface area contributed by atoms with Crippen LogP contribution in [0.1, 0.15) is 29.3 Å². The van der Waals surface area contributed by atoms with Gasteiger partial charge in [0.05, 0.1) is 16.8 Å². The topological polar surface area (TPSA) is 68.9 Å². The van der Waals surface area contributed by atoms with E-state index in [0.717, 1.165) is 12.0 Å². The van der Waals surface area contributed by atoms with Crippen molar-refractivity contribution in [1.29, 1.82) is 0 Å². The Bertz CT molecular complexity index is 1240. The highest BCUT2D eigenvalue weighted by Crippen LogP contribution is 2.25. The van der Waals surface area contributed by atoms with Crippen LogP contribution in [0.25, 0.3) is 16.9 Å². The van der Waals surface area contributed by atoms with Gasteiger partial charge in [0.25, 0.3) is 11.5 Å². The summed E-state index contributed by atoms with van der Waals surface area (Å²) in [6, 6.07) is 14.5. The second-order valence-electron chi connectivity index (χ2n) is 7.14. The molecule has 0 radical (unpaired) electrons. The van der Waals surface area contributed by atoms with Crippen molar-refractivity contribution in [2.45, 2.75) is 26.8 Å². The van der Waals surface area contributed by atoms with Crippen LogP contribution >= 0.6 is 11.6 Å². The first-order chi connectivity index (χ1) is 14.5. The average Bonchev–Trinajstić information content (AvgIpc) is 3.08. The highest BCUT2D eigenvalue weighted by molar-refractivity contribution is 6.31. The minimum atomic E-state index is -0.344. The number of halogens is 1. The van der Waals surface area contributed by atoms with Crippen molar-refractivity contribution in [1.82, 2.24) is 14.3 Å². The number of fused-ring (bicyclic) bond motifs is 1. The Balaban J connectivity index is 1.82. The van der Waals surface area contributed by atoms with Gasteiger partial charge >= 0.3 is 0 Å². The monoisotopic (exact) mass is 420 g/mol. The van der Waals surface area contributed by atoms with Crippen molar-refractivity contribution < 1.29 is 4.79 Å². The fourth-order valence-electron chi connectivity index (χ4n) is 3.33. The van der Waals surface area contributed by atoms with Gasteiger partial charge in [-0.25, -0.2) is 0 Å². The van der Waals surface area contributed by atoms with Crippen LogP contribution in [0.15, 0.2) is 65.7 Å². The molecule has 6 nitrogen and oxygen atoms in total. The predicted molar refractivity (Wildman–Crippen MR) is 119 cm³/mol. The van der Waals surface area contributed by atoms with E-state index in [0.29, 0.717) is 39.8 Å². The average molecular weight is 421 g/mol. The Kier molecular flexibility index (Phi) is 5.42. The Hall–Kier alpha value is -3.38. The summed E-state index contributed by atoms with van der Waals surface area (Å²) in [5.41, 5.74) is 3.01. The van der Waals surface area contributed by atoms with Gasteiger partial charge < -0.3 is 9.88 Å². The molecule has 2 heterocycles. The van der Waals surface area contributed by atoms with Crippen molar-refractivity contribution in [2.75, 3.05) is 5.32 Å². The summed E-state index contributed by atoms with van der Waals surface area (Å²) in [7, 11) is 0. The van der Waals surface area contributed by atoms with Crippen molar-refractivity contribution in [2.24, 2.45) is 0 Å². The van der Waals surface area contributed by atoms with E-state index in [4.69, 9.17) is 11.6 Å². The van der Waals surface area contributed by atoms with Crippen LogP contribution in [0.4, 0.5) is 5.69 Å². The van der Waals surface area contributed by atoms with Crippen molar-refractivity contribution in [3.05, 3.63) is 87.4 Å². The van der Waals surface area contributed by atoms with Gasteiger partial charge in [-0.05, 0) is 43.2 Å². The highest BCUT2D eigenvalue weighted by atomic mass is 35.5. The van der Waals surface area contributed by atoms with E-state index in [2.05, 4.69) is 10.4 Å². The second kappa shape index (κ2) is 8.16. The first-order valence-electron chi connectivity index (χ1n) is 9.73. The molecular weight excluding hydrogens is 400 g/mol. The largest absolute Gasteiger partial charge is 0.353 e. The van der Waals surface area contributed by atoms with Crippen LogP contribution in [-0.2, 0) is 6.54 Å². The third kappa shape index (κ3) is 3.74. The molecule has 4 rings (SSSR count). The Morgan fingerprint density at radius 1 is 1.13 bits per heavy atom. The summed E-state index contributed by atoms with van der Waals surface area (Å²) in [5, 5.41) is 7.92. The van der Waals surface area contributed by atoms with Gasteiger partial charge in [0, 0.05) is 29.6 Å². The molecule has 30 heavy (non-hydrogen) atoms. The number of pyridine rings is 1. The number of benzene rings is 2. The predicted octanol–water partition coefficient (Wildman–Crippen LogP) is 4.76. The molecule has 0 saturated heterocycles. The van der Waals surface area contributed by atoms with Gasteiger partial charge in [-0.3, -0.25) is 9.59 Å². The van der Waals surface area contributed by atoms with Crippen LogP contribution < -0.4 is 10.9 Å². The van der Waals surface area contributed by atoms with Gasteiger partial charge in [0.1, 0.15) is 5.69 Å². The maximum atomic E-state index is 13.1. The maximum absolute atomic E-state index is 13.1. The number of aromatic nitrogens is 3. The molecule has 2 aliphatic heterocycles. The Morgan fingerprint density at radius 3 is 2.60 bits per heavy atom. The number of para-hydroxylation sites is 1. The fourth-order valence-corrected chi connectivity index (χ4v) is 3.51. The lowest BCUT2D eigenvalue weighted by Crippen LogP contribution is -2.17. The number of amides is 1. The Morgan fingerprint density at radius 2 is 1.90 bits per heavy atom. The number of nitrogens with zero attached hydrogens (tertiary/aromatic N) is 3. The smallest absolute Gasteiger partial charge is 0.282 e. The minimum Gasteiger partial charge on any atom is -0.353 e. The van der Waals surface area contributed by atoms with E-state index in [1.54, 1.807) is 36.7 Å². The van der Waals surface area contributed by atoms with Gasteiger partial charge in [0.2, 0.25) is 0 Å². The molecule has 7 heteroatoms. The molecule has 1 amide bonds. The van der Waals surface area contributed by atoms with E-state index in [1.807, 2.05) is 42.7 Å². The summed E-state index contributed by atoms with van der Waals surface area (Å²) in [6.07, 6.45) is 4.36. The number of nitrogens with one attached hydrogen (secondary N) is 1. The van der Waals surface area contributed by atoms with Gasteiger partial charge in [-0.1, -0.05) is 42.8 Å². The summed E-state index contributed by atoms with van der Waals surface area (Å²) in [5.74, 6) is -0.344. The van der Waals surface area contributed by atoms with Crippen LogP contribution in [0.5, 0.6) is 0 Å². The zero-order valence-electron chi connectivity index (χ0n) is 16.7. The molecule has 2 aromatic carbocycles. The molecule has 0 bridgehead atoms. The number of carbonyl (C=O) groups excluding carboxylic acids is 1. The van der Waals surface area contributed by atoms with Gasteiger partial charge in [-0.15, -0.1) is 0 Å².